The number of aliphatic hydroxyl groups excluding tert-OH is 3. The second kappa shape index (κ2) is 18.3. The van der Waals surface area contributed by atoms with Gasteiger partial charge >= 0.3 is 5.97 Å². The van der Waals surface area contributed by atoms with E-state index in [1.165, 1.54) is 27.7 Å². The Morgan fingerprint density at radius 3 is 2.19 bits per heavy atom. The number of nitrogens with zero attached hydrogens (tertiary/aromatic N) is 1. The van der Waals surface area contributed by atoms with Crippen molar-refractivity contribution in [2.45, 2.75) is 112 Å². The summed E-state index contributed by atoms with van der Waals surface area (Å²) in [6.45, 7) is 4.26. The normalized spacial score (nSPS) is 29.5. The Kier molecular flexibility index (Phi) is 13.9. The standard InChI is InChI=1S/C37H50N8O13S/c1-15(2)25-32(53)44-26(27(48)36(56)57)33(54)41-23-13-59-34-19(18-7-5-6-8-20(18)42-34)10-21(29(50)40-22(30(51)43-25)11-37(4,58)14-46)39-28(49)16(3)38-31(52)24-9-17(47)12-45(24)35(23)55/h5-8,15-17,21-27,42,46-48,58H,9-14H2,1-4H3,(H,38,52)(H,39,49)(H,40,50)(H,41,54)(H,43,51)(H,44,53)(H,56,57)/t16-,17-,21+,22+,23+,24-,25+,26-,27-,37-/m0/s1. The molecule has 1 aromatic carbocycles. The number of aliphatic hydroxyl groups is 4. The van der Waals surface area contributed by atoms with Crippen LogP contribution in [0, 0.1) is 5.92 Å². The van der Waals surface area contributed by atoms with Crippen LogP contribution >= 0.6 is 11.8 Å². The van der Waals surface area contributed by atoms with E-state index in [1.54, 1.807) is 24.3 Å². The van der Waals surface area contributed by atoms with Crippen molar-refractivity contribution >= 4 is 70.0 Å². The predicted molar refractivity (Wildman–Crippen MR) is 207 cm³/mol. The zero-order chi connectivity index (χ0) is 43.5. The van der Waals surface area contributed by atoms with Gasteiger partial charge in [0.25, 0.3) is 0 Å². The van der Waals surface area contributed by atoms with Crippen molar-refractivity contribution in [2.75, 3.05) is 18.9 Å². The lowest BCUT2D eigenvalue weighted by atomic mass is 9.95. The molecule has 22 heteroatoms. The summed E-state index contributed by atoms with van der Waals surface area (Å²) in [6, 6.07) is -4.38. The summed E-state index contributed by atoms with van der Waals surface area (Å²) in [7, 11) is 0. The first kappa shape index (κ1) is 44.8. The number of rotatable bonds is 6. The minimum absolute atomic E-state index is 0.259. The molecule has 0 aliphatic carbocycles. The van der Waals surface area contributed by atoms with Crippen molar-refractivity contribution < 1.29 is 63.9 Å². The Bertz CT molecular complexity index is 1990. The van der Waals surface area contributed by atoms with Crippen LogP contribution in [0.25, 0.3) is 10.9 Å². The minimum atomic E-state index is -2.58. The number of thioether (sulfide) groups is 1. The number of fused-ring (bicyclic) bond motifs is 5. The van der Waals surface area contributed by atoms with Crippen molar-refractivity contribution in [2.24, 2.45) is 5.92 Å². The summed E-state index contributed by atoms with van der Waals surface area (Å²) in [5, 5.41) is 67.6. The van der Waals surface area contributed by atoms with Gasteiger partial charge in [0.1, 0.15) is 42.3 Å². The molecule has 0 unspecified atom stereocenters. The maximum Gasteiger partial charge on any atom is 0.335 e. The highest BCUT2D eigenvalue weighted by molar-refractivity contribution is 7.99. The number of carbonyl (C=O) groups excluding carboxylic acids is 7. The fourth-order valence-electron chi connectivity index (χ4n) is 7.14. The van der Waals surface area contributed by atoms with Crippen LogP contribution in [0.15, 0.2) is 29.3 Å². The molecule has 10 atom stereocenters. The molecule has 12 N–H and O–H groups in total. The molecule has 21 nitrogen and oxygen atoms in total. The molecule has 5 rings (SSSR count). The first-order chi connectivity index (χ1) is 27.7. The zero-order valence-electron chi connectivity index (χ0n) is 32.7. The van der Waals surface area contributed by atoms with Gasteiger partial charge in [-0.15, -0.1) is 11.8 Å². The first-order valence-electron chi connectivity index (χ1n) is 19.0. The van der Waals surface area contributed by atoms with Crippen LogP contribution in [-0.4, -0.2) is 162 Å². The number of H-pyrrole nitrogens is 1. The number of aliphatic carboxylic acids is 1. The molecule has 2 bridgehead atoms. The fraction of sp³-hybridized carbons (Fsp3) is 0.568. The maximum absolute atomic E-state index is 14.4. The van der Waals surface area contributed by atoms with Crippen LogP contribution in [-0.2, 0) is 44.8 Å². The molecule has 1 aromatic heterocycles. The highest BCUT2D eigenvalue weighted by atomic mass is 32.2. The van der Waals surface area contributed by atoms with E-state index >= 15 is 0 Å². The average molecular weight is 847 g/mol. The molecule has 1 saturated heterocycles. The number of carboxylic acids is 1. The Morgan fingerprint density at radius 1 is 0.881 bits per heavy atom. The van der Waals surface area contributed by atoms with Crippen LogP contribution in [0.3, 0.4) is 0 Å². The second-order valence-corrected chi connectivity index (χ2v) is 16.7. The smallest absolute Gasteiger partial charge is 0.335 e. The topological polar surface area (TPSA) is 329 Å². The summed E-state index contributed by atoms with van der Waals surface area (Å²) in [5.74, 6) is -10.1. The van der Waals surface area contributed by atoms with Crippen LogP contribution in [0.4, 0.5) is 0 Å². The van der Waals surface area contributed by atoms with E-state index in [-0.39, 0.29) is 25.1 Å². The monoisotopic (exact) mass is 846 g/mol. The summed E-state index contributed by atoms with van der Waals surface area (Å²) in [4.78, 5) is 114. The Morgan fingerprint density at radius 2 is 1.53 bits per heavy atom. The number of carbonyl (C=O) groups is 8. The lowest BCUT2D eigenvalue weighted by Gasteiger charge is -2.32. The number of amides is 7. The SMILES string of the molecule is CC(C)[C@H]1NC(=O)[C@@H](C[C@](C)(O)CO)NC(=O)[C@H]2Cc3c([nH]c4ccccc34)SC[C@@H](NC(=O)[C@H]([C@H](O)C(=O)O)NC1=O)C(=O)N1C[C@@H](O)C[C@H]1C(=O)N[C@@H](C)C(=O)N2. The lowest BCUT2D eigenvalue weighted by Crippen LogP contribution is -2.64. The molecule has 59 heavy (non-hydrogen) atoms. The number of aromatic nitrogens is 1. The van der Waals surface area contributed by atoms with E-state index < -0.39 is 126 Å². The largest absolute Gasteiger partial charge is 0.479 e. The Labute approximate surface area is 341 Å². The zero-order valence-corrected chi connectivity index (χ0v) is 33.5. The Balaban J connectivity index is 1.73. The van der Waals surface area contributed by atoms with E-state index in [1.807, 2.05) is 0 Å². The number of hydrogen-bond donors (Lipinski definition) is 12. The summed E-state index contributed by atoms with van der Waals surface area (Å²) in [5.41, 5.74) is -0.960. The third kappa shape index (κ3) is 10.3. The predicted octanol–water partition coefficient (Wildman–Crippen LogP) is -4.04. The second-order valence-electron chi connectivity index (χ2n) is 15.7. The van der Waals surface area contributed by atoms with Gasteiger partial charge in [-0.1, -0.05) is 32.0 Å². The van der Waals surface area contributed by atoms with Gasteiger partial charge in [-0.2, -0.15) is 0 Å². The first-order valence-corrected chi connectivity index (χ1v) is 20.0. The number of benzene rings is 1. The molecule has 322 valence electrons. The third-order valence-corrected chi connectivity index (χ3v) is 11.6. The van der Waals surface area contributed by atoms with E-state index in [4.69, 9.17) is 0 Å². The number of para-hydroxylation sites is 1. The average Bonchev–Trinajstić information content (AvgIpc) is 3.74. The summed E-state index contributed by atoms with van der Waals surface area (Å²) < 4.78 is 0. The van der Waals surface area contributed by atoms with Crippen molar-refractivity contribution in [3.8, 4) is 0 Å². The number of carboxylic acid groups (broad SMARTS) is 1. The van der Waals surface area contributed by atoms with Crippen LogP contribution in [0.5, 0.6) is 0 Å². The molecular weight excluding hydrogens is 797 g/mol. The van der Waals surface area contributed by atoms with E-state index in [2.05, 4.69) is 36.9 Å². The van der Waals surface area contributed by atoms with Gasteiger partial charge in [0, 0.05) is 42.5 Å². The van der Waals surface area contributed by atoms with Gasteiger partial charge < -0.3 is 67.3 Å². The lowest BCUT2D eigenvalue weighted by molar-refractivity contribution is -0.152. The minimum Gasteiger partial charge on any atom is -0.479 e. The molecule has 1 fully saturated rings. The van der Waals surface area contributed by atoms with Crippen molar-refractivity contribution in [3.05, 3.63) is 29.8 Å². The van der Waals surface area contributed by atoms with Crippen LogP contribution < -0.4 is 31.9 Å². The van der Waals surface area contributed by atoms with Gasteiger partial charge in [-0.25, -0.2) is 4.79 Å². The highest BCUT2D eigenvalue weighted by Crippen LogP contribution is 2.32. The molecule has 7 amide bonds. The molecule has 3 aliphatic heterocycles. The molecule has 3 aliphatic rings. The van der Waals surface area contributed by atoms with Gasteiger partial charge in [0.2, 0.25) is 41.4 Å². The summed E-state index contributed by atoms with van der Waals surface area (Å²) in [6.07, 6.45) is -4.92. The third-order valence-electron chi connectivity index (χ3n) is 10.5. The quantitative estimate of drug-likeness (QED) is 0.132. The molecule has 2 aromatic rings. The van der Waals surface area contributed by atoms with Crippen LogP contribution in [0.1, 0.15) is 46.1 Å². The molecular formula is C37H50N8O13S. The maximum atomic E-state index is 14.4. The van der Waals surface area contributed by atoms with Crippen molar-refractivity contribution in [1.82, 2.24) is 41.8 Å². The number of hydrogen-bond acceptors (Lipinski definition) is 13. The van der Waals surface area contributed by atoms with E-state index in [0.29, 0.717) is 21.5 Å². The molecule has 0 saturated carbocycles. The van der Waals surface area contributed by atoms with Crippen molar-refractivity contribution in [1.29, 1.82) is 0 Å². The van der Waals surface area contributed by atoms with Gasteiger partial charge in [0.15, 0.2) is 6.10 Å². The number of aromatic amines is 1. The Hall–Kier alpha value is -5.29. The fourth-order valence-corrected chi connectivity index (χ4v) is 8.25. The van der Waals surface area contributed by atoms with Crippen LogP contribution in [0.2, 0.25) is 0 Å². The van der Waals surface area contributed by atoms with E-state index in [0.717, 1.165) is 16.7 Å². The summed E-state index contributed by atoms with van der Waals surface area (Å²) >= 11 is 0.978. The van der Waals surface area contributed by atoms with E-state index in [9.17, 15) is 63.9 Å². The molecule has 0 radical (unpaired) electrons. The van der Waals surface area contributed by atoms with Gasteiger partial charge in [-0.05, 0) is 31.4 Å². The number of nitrogens with one attached hydrogen (secondary N) is 7. The molecule has 4 heterocycles. The van der Waals surface area contributed by atoms with Crippen molar-refractivity contribution in [3.63, 3.8) is 0 Å². The highest BCUT2D eigenvalue weighted by Gasteiger charge is 2.45. The van der Waals surface area contributed by atoms with Gasteiger partial charge in [0.05, 0.1) is 23.3 Å². The van der Waals surface area contributed by atoms with Gasteiger partial charge in [-0.3, -0.25) is 33.6 Å². The molecule has 0 spiro atoms.